The molecule has 0 aliphatic heterocycles. The first-order valence-electron chi connectivity index (χ1n) is 5.81. The second-order valence-electron chi connectivity index (χ2n) is 5.20. The van der Waals surface area contributed by atoms with Gasteiger partial charge in [-0.3, -0.25) is 4.68 Å². The van der Waals surface area contributed by atoms with Gasteiger partial charge in [-0.15, -0.1) is 0 Å². The molecule has 0 aromatic carbocycles. The lowest BCUT2D eigenvalue weighted by Crippen LogP contribution is -2.22. The van der Waals surface area contributed by atoms with Crippen LogP contribution in [0.25, 0.3) is 0 Å². The van der Waals surface area contributed by atoms with Crippen LogP contribution < -0.4 is 5.32 Å². The summed E-state index contributed by atoms with van der Waals surface area (Å²) in [5.41, 5.74) is 2.40. The van der Waals surface area contributed by atoms with Gasteiger partial charge in [0.1, 0.15) is 0 Å². The van der Waals surface area contributed by atoms with Crippen LogP contribution in [0.3, 0.4) is 0 Å². The van der Waals surface area contributed by atoms with Gasteiger partial charge in [-0.25, -0.2) is 0 Å². The zero-order chi connectivity index (χ0) is 12.3. The Hall–Kier alpha value is -1.55. The summed E-state index contributed by atoms with van der Waals surface area (Å²) in [6.45, 7) is 8.06. The molecular weight excluding hydrogens is 214 g/mol. The molecule has 0 radical (unpaired) electrons. The number of hydrogen-bond donors (Lipinski definition) is 1. The third-order valence-corrected chi connectivity index (χ3v) is 2.56. The molecule has 0 spiro atoms. The van der Waals surface area contributed by atoms with Crippen LogP contribution in [0.5, 0.6) is 0 Å². The Kier molecular flexibility index (Phi) is 3.33. The molecule has 0 unspecified atom stereocenters. The summed E-state index contributed by atoms with van der Waals surface area (Å²) in [4.78, 5) is 0. The minimum Gasteiger partial charge on any atom is -0.472 e. The van der Waals surface area contributed by atoms with E-state index in [0.29, 0.717) is 0 Å². The van der Waals surface area contributed by atoms with Crippen LogP contribution in [0.2, 0.25) is 0 Å². The smallest absolute Gasteiger partial charge is 0.0947 e. The highest BCUT2D eigenvalue weighted by Gasteiger charge is 2.13. The lowest BCUT2D eigenvalue weighted by molar-refractivity contribution is 0.355. The van der Waals surface area contributed by atoms with Crippen molar-refractivity contribution in [3.05, 3.63) is 42.1 Å². The summed E-state index contributed by atoms with van der Waals surface area (Å²) >= 11 is 0. The van der Waals surface area contributed by atoms with Crippen molar-refractivity contribution in [3.63, 3.8) is 0 Å². The van der Waals surface area contributed by atoms with E-state index in [-0.39, 0.29) is 5.54 Å². The van der Waals surface area contributed by atoms with E-state index in [4.69, 9.17) is 4.42 Å². The normalized spacial score (nSPS) is 11.9. The standard InChI is InChI=1S/C13H19N3O/c1-13(2,3)16-9-12(8-15-16)7-14-6-11-4-5-17-10-11/h4-5,8-10,14H,6-7H2,1-3H3. The van der Waals surface area contributed by atoms with Gasteiger partial charge >= 0.3 is 0 Å². The lowest BCUT2D eigenvalue weighted by atomic mass is 10.1. The van der Waals surface area contributed by atoms with Crippen LogP contribution in [-0.2, 0) is 18.6 Å². The predicted molar refractivity (Wildman–Crippen MR) is 66.5 cm³/mol. The number of nitrogens with zero attached hydrogens (tertiary/aromatic N) is 2. The van der Waals surface area contributed by atoms with E-state index in [1.54, 1.807) is 12.5 Å². The summed E-state index contributed by atoms with van der Waals surface area (Å²) in [5.74, 6) is 0. The maximum Gasteiger partial charge on any atom is 0.0947 e. The van der Waals surface area contributed by atoms with Crippen LogP contribution in [0, 0.1) is 0 Å². The average Bonchev–Trinajstić information content (AvgIpc) is 2.86. The summed E-state index contributed by atoms with van der Waals surface area (Å²) in [6, 6.07) is 1.96. The van der Waals surface area contributed by atoms with Gasteiger partial charge in [-0.05, 0) is 26.8 Å². The van der Waals surface area contributed by atoms with E-state index in [2.05, 4.69) is 37.4 Å². The predicted octanol–water partition coefficient (Wildman–Crippen LogP) is 2.52. The van der Waals surface area contributed by atoms with E-state index in [1.807, 2.05) is 16.9 Å². The first-order chi connectivity index (χ1) is 8.05. The average molecular weight is 233 g/mol. The van der Waals surface area contributed by atoms with Gasteiger partial charge in [0.05, 0.1) is 24.3 Å². The maximum absolute atomic E-state index is 5.01. The van der Waals surface area contributed by atoms with Gasteiger partial charge in [-0.2, -0.15) is 5.10 Å². The van der Waals surface area contributed by atoms with Gasteiger partial charge in [0.2, 0.25) is 0 Å². The van der Waals surface area contributed by atoms with Crippen molar-refractivity contribution in [1.82, 2.24) is 15.1 Å². The molecule has 0 amide bonds. The summed E-state index contributed by atoms with van der Waals surface area (Å²) < 4.78 is 7.00. The Bertz CT molecular complexity index is 451. The Labute approximate surface area is 102 Å². The fraction of sp³-hybridized carbons (Fsp3) is 0.462. The van der Waals surface area contributed by atoms with Crippen molar-refractivity contribution >= 4 is 0 Å². The van der Waals surface area contributed by atoms with Crippen molar-refractivity contribution in [2.75, 3.05) is 0 Å². The molecule has 4 nitrogen and oxygen atoms in total. The number of hydrogen-bond acceptors (Lipinski definition) is 3. The van der Waals surface area contributed by atoms with Gasteiger partial charge < -0.3 is 9.73 Å². The third-order valence-electron chi connectivity index (χ3n) is 2.56. The molecular formula is C13H19N3O. The molecule has 17 heavy (non-hydrogen) atoms. The number of aromatic nitrogens is 2. The minimum absolute atomic E-state index is 0.0445. The zero-order valence-corrected chi connectivity index (χ0v) is 10.6. The Morgan fingerprint density at radius 3 is 2.65 bits per heavy atom. The molecule has 0 atom stereocenters. The number of furan rings is 1. The van der Waals surface area contributed by atoms with Crippen molar-refractivity contribution in [2.45, 2.75) is 39.4 Å². The zero-order valence-electron chi connectivity index (χ0n) is 10.6. The Morgan fingerprint density at radius 1 is 1.29 bits per heavy atom. The number of nitrogens with one attached hydrogen (secondary N) is 1. The fourth-order valence-electron chi connectivity index (χ4n) is 1.56. The largest absolute Gasteiger partial charge is 0.472 e. The molecule has 2 aromatic heterocycles. The fourth-order valence-corrected chi connectivity index (χ4v) is 1.56. The van der Waals surface area contributed by atoms with Crippen molar-refractivity contribution in [3.8, 4) is 0 Å². The van der Waals surface area contributed by atoms with E-state index in [9.17, 15) is 0 Å². The van der Waals surface area contributed by atoms with Gasteiger partial charge in [0, 0.05) is 30.4 Å². The molecule has 2 rings (SSSR count). The minimum atomic E-state index is 0.0445. The summed E-state index contributed by atoms with van der Waals surface area (Å²) in [7, 11) is 0. The summed E-state index contributed by atoms with van der Waals surface area (Å²) in [6.07, 6.45) is 7.44. The monoisotopic (exact) mass is 233 g/mol. The van der Waals surface area contributed by atoms with E-state index in [0.717, 1.165) is 18.7 Å². The highest BCUT2D eigenvalue weighted by molar-refractivity contribution is 5.07. The van der Waals surface area contributed by atoms with E-state index in [1.165, 1.54) is 5.56 Å². The van der Waals surface area contributed by atoms with Crippen LogP contribution in [0.15, 0.2) is 35.4 Å². The molecule has 0 aliphatic rings. The Balaban J connectivity index is 1.85. The molecule has 2 heterocycles. The first-order valence-corrected chi connectivity index (χ1v) is 5.81. The summed E-state index contributed by atoms with van der Waals surface area (Å²) in [5, 5.41) is 7.72. The maximum atomic E-state index is 5.01. The van der Waals surface area contributed by atoms with Crippen LogP contribution in [0.1, 0.15) is 31.9 Å². The highest BCUT2D eigenvalue weighted by Crippen LogP contribution is 2.13. The quantitative estimate of drug-likeness (QED) is 0.882. The molecule has 0 saturated carbocycles. The van der Waals surface area contributed by atoms with Gasteiger partial charge in [-0.1, -0.05) is 0 Å². The molecule has 4 heteroatoms. The number of rotatable bonds is 4. The lowest BCUT2D eigenvalue weighted by Gasteiger charge is -2.18. The van der Waals surface area contributed by atoms with Crippen molar-refractivity contribution < 1.29 is 4.42 Å². The molecule has 0 saturated heterocycles. The SMILES string of the molecule is CC(C)(C)n1cc(CNCc2ccoc2)cn1. The molecule has 92 valence electrons. The van der Waals surface area contributed by atoms with Crippen molar-refractivity contribution in [1.29, 1.82) is 0 Å². The Morgan fingerprint density at radius 2 is 2.06 bits per heavy atom. The van der Waals surface area contributed by atoms with Crippen LogP contribution >= 0.6 is 0 Å². The highest BCUT2D eigenvalue weighted by atomic mass is 16.3. The van der Waals surface area contributed by atoms with E-state index < -0.39 is 0 Å². The second-order valence-corrected chi connectivity index (χ2v) is 5.20. The van der Waals surface area contributed by atoms with Crippen LogP contribution in [0.4, 0.5) is 0 Å². The molecule has 1 N–H and O–H groups in total. The molecule has 0 fully saturated rings. The third kappa shape index (κ3) is 3.20. The topological polar surface area (TPSA) is 43.0 Å². The van der Waals surface area contributed by atoms with Crippen LogP contribution in [-0.4, -0.2) is 9.78 Å². The molecule has 2 aromatic rings. The molecule has 0 aliphatic carbocycles. The van der Waals surface area contributed by atoms with Gasteiger partial charge in [0.25, 0.3) is 0 Å². The second kappa shape index (κ2) is 4.75. The van der Waals surface area contributed by atoms with Gasteiger partial charge in [0.15, 0.2) is 0 Å². The van der Waals surface area contributed by atoms with Crippen molar-refractivity contribution in [2.24, 2.45) is 0 Å². The van der Waals surface area contributed by atoms with E-state index >= 15 is 0 Å². The first kappa shape index (κ1) is 11.9. The molecule has 0 bridgehead atoms.